The number of anilines is 1. The maximum atomic E-state index is 13.3. The average molecular weight is 432 g/mol. The van der Waals surface area contributed by atoms with Crippen LogP contribution in [0.25, 0.3) is 16.5 Å². The highest BCUT2D eigenvalue weighted by Gasteiger charge is 2.33. The van der Waals surface area contributed by atoms with Crippen LogP contribution in [0, 0.1) is 13.8 Å². The lowest BCUT2D eigenvalue weighted by Crippen LogP contribution is -2.17. The summed E-state index contributed by atoms with van der Waals surface area (Å²) in [5.41, 5.74) is 4.60. The molecule has 6 nitrogen and oxygen atoms in total. The zero-order valence-electron chi connectivity index (χ0n) is 17.2. The molecule has 0 unspecified atom stereocenters. The number of fused-ring (bicyclic) bond motifs is 2. The minimum Gasteiger partial charge on any atom is -0.306 e. The van der Waals surface area contributed by atoms with Gasteiger partial charge in [0, 0.05) is 11.1 Å². The van der Waals surface area contributed by atoms with E-state index in [1.807, 2.05) is 68.4 Å². The number of benzene rings is 3. The highest BCUT2D eigenvalue weighted by atomic mass is 32.2. The second-order valence-electron chi connectivity index (χ2n) is 7.97. The molecule has 2 heterocycles. The van der Waals surface area contributed by atoms with Crippen LogP contribution in [0.3, 0.4) is 0 Å². The summed E-state index contributed by atoms with van der Waals surface area (Å²) < 4.78 is 26.1. The molecule has 3 aromatic carbocycles. The minimum absolute atomic E-state index is 0.114. The summed E-state index contributed by atoms with van der Waals surface area (Å²) in [6.45, 7) is 4.03. The number of hydrogen-bond donors (Lipinski definition) is 1. The normalized spacial score (nSPS) is 14.5. The van der Waals surface area contributed by atoms with E-state index in [0.717, 1.165) is 27.6 Å². The van der Waals surface area contributed by atoms with Crippen molar-refractivity contribution in [2.75, 3.05) is 5.32 Å². The molecule has 156 valence electrons. The molecule has 0 atom stereocenters. The minimum atomic E-state index is -3.26. The Kier molecular flexibility index (Phi) is 4.44. The highest BCUT2D eigenvalue weighted by Crippen LogP contribution is 2.34. The molecule has 1 amide bonds. The number of sulfone groups is 1. The van der Waals surface area contributed by atoms with E-state index in [4.69, 9.17) is 0 Å². The Hall–Kier alpha value is -3.45. The molecule has 1 N–H and O–H groups in total. The zero-order chi connectivity index (χ0) is 21.8. The van der Waals surface area contributed by atoms with E-state index in [-0.39, 0.29) is 17.4 Å². The van der Waals surface area contributed by atoms with Crippen molar-refractivity contribution < 1.29 is 13.2 Å². The van der Waals surface area contributed by atoms with Gasteiger partial charge in [-0.25, -0.2) is 13.1 Å². The van der Waals surface area contributed by atoms with E-state index in [1.54, 1.807) is 10.7 Å². The Labute approximate surface area is 180 Å². The SMILES string of the molecule is Cc1ccc(-n2nc3c(c2NC(=O)c2cccc4ccccc24)CS(=O)(=O)C3)cc1C. The molecule has 0 saturated carbocycles. The second kappa shape index (κ2) is 7.06. The highest BCUT2D eigenvalue weighted by molar-refractivity contribution is 7.90. The maximum Gasteiger partial charge on any atom is 0.257 e. The van der Waals surface area contributed by atoms with Crippen molar-refractivity contribution in [3.05, 3.63) is 88.6 Å². The Morgan fingerprint density at radius 3 is 2.55 bits per heavy atom. The van der Waals surface area contributed by atoms with Crippen LogP contribution >= 0.6 is 0 Å². The van der Waals surface area contributed by atoms with Crippen LogP contribution in [0.4, 0.5) is 5.82 Å². The van der Waals surface area contributed by atoms with Crippen molar-refractivity contribution in [1.29, 1.82) is 0 Å². The van der Waals surface area contributed by atoms with Crippen LogP contribution in [-0.2, 0) is 21.3 Å². The van der Waals surface area contributed by atoms with Crippen LogP contribution in [0.1, 0.15) is 32.7 Å². The van der Waals surface area contributed by atoms with E-state index in [9.17, 15) is 13.2 Å². The summed E-state index contributed by atoms with van der Waals surface area (Å²) in [4.78, 5) is 13.3. The van der Waals surface area contributed by atoms with Crippen molar-refractivity contribution in [1.82, 2.24) is 9.78 Å². The number of nitrogens with one attached hydrogen (secondary N) is 1. The Bertz CT molecular complexity index is 1460. The molecule has 5 rings (SSSR count). The third-order valence-electron chi connectivity index (χ3n) is 5.79. The lowest BCUT2D eigenvalue weighted by molar-refractivity contribution is 0.102. The number of nitrogens with zero attached hydrogens (tertiary/aromatic N) is 2. The van der Waals surface area contributed by atoms with Gasteiger partial charge in [0.15, 0.2) is 9.84 Å². The molecule has 0 aliphatic carbocycles. The summed E-state index contributed by atoms with van der Waals surface area (Å²) in [5.74, 6) is -0.124. The van der Waals surface area contributed by atoms with Crippen molar-refractivity contribution in [2.24, 2.45) is 0 Å². The summed E-state index contributed by atoms with van der Waals surface area (Å²) in [6, 6.07) is 19.1. The van der Waals surface area contributed by atoms with E-state index in [2.05, 4.69) is 10.4 Å². The molecular weight excluding hydrogens is 410 g/mol. The van der Waals surface area contributed by atoms with Crippen molar-refractivity contribution >= 4 is 32.3 Å². The van der Waals surface area contributed by atoms with E-state index >= 15 is 0 Å². The lowest BCUT2D eigenvalue weighted by Gasteiger charge is -2.13. The number of amides is 1. The summed E-state index contributed by atoms with van der Waals surface area (Å²) in [7, 11) is -3.26. The molecular formula is C24H21N3O3S. The topological polar surface area (TPSA) is 81.1 Å². The molecule has 0 fully saturated rings. The van der Waals surface area contributed by atoms with Crippen molar-refractivity contribution in [3.63, 3.8) is 0 Å². The first-order valence-electron chi connectivity index (χ1n) is 10.0. The van der Waals surface area contributed by atoms with E-state index < -0.39 is 9.84 Å². The van der Waals surface area contributed by atoms with Crippen molar-refractivity contribution in [2.45, 2.75) is 25.4 Å². The van der Waals surface area contributed by atoms with Gasteiger partial charge in [0.1, 0.15) is 5.82 Å². The molecule has 0 spiro atoms. The molecule has 0 bridgehead atoms. The van der Waals surface area contributed by atoms with Gasteiger partial charge in [-0.3, -0.25) is 4.79 Å². The summed E-state index contributed by atoms with van der Waals surface area (Å²) >= 11 is 0. The molecule has 31 heavy (non-hydrogen) atoms. The van der Waals surface area contributed by atoms with Crippen LogP contribution < -0.4 is 5.32 Å². The monoisotopic (exact) mass is 431 g/mol. The van der Waals surface area contributed by atoms with Gasteiger partial charge >= 0.3 is 0 Å². The number of rotatable bonds is 3. The van der Waals surface area contributed by atoms with Gasteiger partial charge in [0.05, 0.1) is 22.9 Å². The third kappa shape index (κ3) is 3.41. The Morgan fingerprint density at radius 1 is 0.968 bits per heavy atom. The fraction of sp³-hybridized carbons (Fsp3) is 0.167. The summed E-state index contributed by atoms with van der Waals surface area (Å²) in [5, 5.41) is 9.33. The number of hydrogen-bond acceptors (Lipinski definition) is 4. The predicted molar refractivity (Wildman–Crippen MR) is 121 cm³/mol. The smallest absolute Gasteiger partial charge is 0.257 e. The number of aryl methyl sites for hydroxylation is 2. The van der Waals surface area contributed by atoms with Gasteiger partial charge in [-0.2, -0.15) is 5.10 Å². The van der Waals surface area contributed by atoms with Crippen LogP contribution in [0.5, 0.6) is 0 Å². The molecule has 7 heteroatoms. The van der Waals surface area contributed by atoms with Crippen molar-refractivity contribution in [3.8, 4) is 5.69 Å². The Morgan fingerprint density at radius 2 is 1.74 bits per heavy atom. The maximum absolute atomic E-state index is 13.3. The first kappa shape index (κ1) is 19.5. The zero-order valence-corrected chi connectivity index (χ0v) is 18.0. The predicted octanol–water partition coefficient (Wildman–Crippen LogP) is 4.32. The molecule has 4 aromatic rings. The van der Waals surface area contributed by atoms with E-state index in [0.29, 0.717) is 22.6 Å². The first-order chi connectivity index (χ1) is 14.8. The largest absolute Gasteiger partial charge is 0.306 e. The summed E-state index contributed by atoms with van der Waals surface area (Å²) in [6.07, 6.45) is 0. The van der Waals surface area contributed by atoms with Crippen LogP contribution in [-0.4, -0.2) is 24.1 Å². The molecule has 1 aliphatic rings. The van der Waals surface area contributed by atoms with Gasteiger partial charge in [-0.1, -0.05) is 42.5 Å². The molecule has 0 saturated heterocycles. The van der Waals surface area contributed by atoms with Crippen LogP contribution in [0.15, 0.2) is 60.7 Å². The fourth-order valence-electron chi connectivity index (χ4n) is 4.01. The van der Waals surface area contributed by atoms with Gasteiger partial charge in [-0.15, -0.1) is 0 Å². The third-order valence-corrected chi connectivity index (χ3v) is 7.23. The number of carbonyl (C=O) groups excluding carboxylic acids is 1. The van der Waals surface area contributed by atoms with Gasteiger partial charge < -0.3 is 5.32 Å². The molecule has 1 aromatic heterocycles. The van der Waals surface area contributed by atoms with Gasteiger partial charge in [0.25, 0.3) is 5.91 Å². The quantitative estimate of drug-likeness (QED) is 0.524. The fourth-order valence-corrected chi connectivity index (χ4v) is 5.51. The molecule has 1 aliphatic heterocycles. The average Bonchev–Trinajstić information content (AvgIpc) is 3.22. The second-order valence-corrected chi connectivity index (χ2v) is 10.0. The number of carbonyl (C=O) groups is 1. The number of aromatic nitrogens is 2. The standard InChI is InChI=1S/C24H21N3O3S/c1-15-10-11-18(12-16(15)2)27-23(21-13-31(29,30)14-22(21)26-27)25-24(28)20-9-5-7-17-6-3-4-8-19(17)20/h3-12H,13-14H2,1-2H3,(H,25,28). The van der Waals surface area contributed by atoms with E-state index in [1.165, 1.54) is 0 Å². The molecule has 0 radical (unpaired) electrons. The Balaban J connectivity index is 1.62. The lowest BCUT2D eigenvalue weighted by atomic mass is 10.0. The van der Waals surface area contributed by atoms with Gasteiger partial charge in [-0.05, 0) is 53.9 Å². The van der Waals surface area contributed by atoms with Crippen LogP contribution in [0.2, 0.25) is 0 Å². The van der Waals surface area contributed by atoms with Gasteiger partial charge in [0.2, 0.25) is 0 Å². The first-order valence-corrected chi connectivity index (χ1v) is 11.8.